The molecule has 2 rings (SSSR count). The number of aliphatic carboxylic acids is 1. The number of aliphatic hydroxyl groups excluding tert-OH is 4. The van der Waals surface area contributed by atoms with Gasteiger partial charge in [0.1, 0.15) is 24.4 Å². The van der Waals surface area contributed by atoms with Gasteiger partial charge < -0.3 is 45.5 Å². The van der Waals surface area contributed by atoms with Crippen LogP contribution in [0.5, 0.6) is 0 Å². The van der Waals surface area contributed by atoms with Gasteiger partial charge in [0.15, 0.2) is 22.9 Å². The topological polar surface area (TPSA) is 214 Å². The highest BCUT2D eigenvalue weighted by molar-refractivity contribution is 6.53. The number of carbonyl (C=O) groups is 2. The monoisotopic (exact) mass is 500 g/mol. The fourth-order valence-corrected chi connectivity index (χ4v) is 3.03. The van der Waals surface area contributed by atoms with Crippen LogP contribution in [0, 0.1) is 5.21 Å². The van der Waals surface area contributed by atoms with E-state index in [1.807, 2.05) is 0 Å². The largest absolute Gasteiger partial charge is 0.595 e. The number of hydrogen-bond acceptors (Lipinski definition) is 10. The molecule has 1 saturated heterocycles. The van der Waals surface area contributed by atoms with Crippen LogP contribution in [-0.2, 0) is 19.1 Å². The van der Waals surface area contributed by atoms with E-state index in [2.05, 4.69) is 5.32 Å². The van der Waals surface area contributed by atoms with Crippen LogP contribution < -0.4 is 10.5 Å². The molecular formula is C17H22Cl2N2O11. The van der Waals surface area contributed by atoms with Crippen molar-refractivity contribution < 1.29 is 55.0 Å². The van der Waals surface area contributed by atoms with Gasteiger partial charge >= 0.3 is 5.97 Å². The van der Waals surface area contributed by atoms with Crippen molar-refractivity contribution in [1.29, 1.82) is 0 Å². The highest BCUT2D eigenvalue weighted by Crippen LogP contribution is 2.24. The number of alkyl halides is 2. The third-order valence-corrected chi connectivity index (χ3v) is 5.06. The maximum atomic E-state index is 11.9. The van der Waals surface area contributed by atoms with Gasteiger partial charge in [-0.25, -0.2) is 10.0 Å². The molecule has 13 nitrogen and oxygen atoms in total. The van der Waals surface area contributed by atoms with E-state index < -0.39 is 71.4 Å². The summed E-state index contributed by atoms with van der Waals surface area (Å²) in [5, 5.41) is 70.4. The Bertz CT molecular complexity index is 782. The van der Waals surface area contributed by atoms with Gasteiger partial charge in [-0.2, -0.15) is 5.23 Å². The smallest absolute Gasteiger partial charge is 0.335 e. The van der Waals surface area contributed by atoms with E-state index in [1.54, 1.807) is 0 Å². The minimum atomic E-state index is -1.93. The van der Waals surface area contributed by atoms with Crippen molar-refractivity contribution in [1.82, 2.24) is 5.32 Å². The molecule has 1 aromatic rings. The molecule has 1 aliphatic rings. The molecule has 0 saturated carbocycles. The number of ether oxygens (including phenoxy) is 2. The van der Waals surface area contributed by atoms with Crippen molar-refractivity contribution in [3.8, 4) is 0 Å². The zero-order valence-electron chi connectivity index (χ0n) is 16.1. The fourth-order valence-electron chi connectivity index (χ4n) is 2.90. The second-order valence-corrected chi connectivity index (χ2v) is 7.95. The molecule has 0 aliphatic carbocycles. The number of carboxylic acids is 1. The molecule has 0 bridgehead atoms. The zero-order chi connectivity index (χ0) is 24.2. The summed E-state index contributed by atoms with van der Waals surface area (Å²) >= 11 is 11.0. The molecular weight excluding hydrogens is 479 g/mol. The number of carboxylic acid groups (broad SMARTS) is 1. The van der Waals surface area contributed by atoms with Crippen LogP contribution in [0.15, 0.2) is 24.3 Å². The lowest BCUT2D eigenvalue weighted by Gasteiger charge is -2.39. The number of rotatable bonds is 9. The third kappa shape index (κ3) is 6.46. The first-order valence-electron chi connectivity index (χ1n) is 9.08. The first-order valence-corrected chi connectivity index (χ1v) is 9.95. The Morgan fingerprint density at radius 2 is 1.75 bits per heavy atom. The minimum absolute atomic E-state index is 0.0506. The van der Waals surface area contributed by atoms with Gasteiger partial charge in [0, 0.05) is 12.1 Å². The Hall–Kier alpha value is -1.62. The number of halogens is 2. The summed E-state index contributed by atoms with van der Waals surface area (Å²) in [5.74, 6) is -2.53. The summed E-state index contributed by atoms with van der Waals surface area (Å²) in [4.78, 5) is 21.6. The third-order valence-electron chi connectivity index (χ3n) is 4.66. The summed E-state index contributed by atoms with van der Waals surface area (Å²) in [6.07, 6.45) is -10.8. The molecule has 0 spiro atoms. The first-order chi connectivity index (χ1) is 14.9. The summed E-state index contributed by atoms with van der Waals surface area (Å²) < 4.78 is 10.3. The van der Waals surface area contributed by atoms with Gasteiger partial charge in [0.2, 0.25) is 0 Å². The van der Waals surface area contributed by atoms with Gasteiger partial charge in [0.05, 0.1) is 12.6 Å². The Labute approximate surface area is 190 Å². The van der Waals surface area contributed by atoms with Gasteiger partial charge in [0.25, 0.3) is 5.91 Å². The number of quaternary nitrogens is 1. The molecule has 8 atom stereocenters. The summed E-state index contributed by atoms with van der Waals surface area (Å²) in [6, 6.07) is 3.74. The Morgan fingerprint density at radius 1 is 1.16 bits per heavy atom. The van der Waals surface area contributed by atoms with E-state index in [-0.39, 0.29) is 11.3 Å². The van der Waals surface area contributed by atoms with Gasteiger partial charge in [-0.3, -0.25) is 4.79 Å². The van der Waals surface area contributed by atoms with E-state index in [0.717, 1.165) is 0 Å². The molecule has 8 N–H and O–H groups in total. The molecule has 32 heavy (non-hydrogen) atoms. The molecule has 1 unspecified atom stereocenters. The normalized spacial score (nSPS) is 28.7. The van der Waals surface area contributed by atoms with Crippen LogP contribution in [0.25, 0.3) is 0 Å². The maximum Gasteiger partial charge on any atom is 0.335 e. The fraction of sp³-hybridized carbons (Fsp3) is 0.529. The van der Waals surface area contributed by atoms with Crippen LogP contribution in [0.2, 0.25) is 0 Å². The standard InChI is InChI=1S/C17H22Cl2N2O11/c18-14(19)15(26)20-8(9(22)6-1-3-7(4-2-6)21(29)30)5-31-17-12(25)10(23)11(24)13(32-17)16(27)28/h1-4,8-14,17,21-25,29H,5H2,(H,20,26)(H,27,28)/t8-,9-,10+,11+,12-,13+,17-/m1/s1. The van der Waals surface area contributed by atoms with E-state index in [9.17, 15) is 35.2 Å². The Kier molecular flexibility index (Phi) is 9.56. The maximum absolute atomic E-state index is 11.9. The first kappa shape index (κ1) is 26.6. The number of amides is 1. The highest BCUT2D eigenvalue weighted by Gasteiger charge is 2.47. The molecule has 180 valence electrons. The van der Waals surface area contributed by atoms with E-state index in [1.165, 1.54) is 24.3 Å². The quantitative estimate of drug-likeness (QED) is 0.129. The predicted octanol–water partition coefficient (Wildman–Crippen LogP) is -2.68. The second kappa shape index (κ2) is 11.5. The Balaban J connectivity index is 2.17. The number of benzene rings is 1. The molecule has 15 heteroatoms. The lowest BCUT2D eigenvalue weighted by molar-refractivity contribution is -0.991. The second-order valence-electron chi connectivity index (χ2n) is 6.86. The van der Waals surface area contributed by atoms with Crippen LogP contribution in [0.1, 0.15) is 11.7 Å². The van der Waals surface area contributed by atoms with Gasteiger partial charge in [-0.15, -0.1) is 0 Å². The highest BCUT2D eigenvalue weighted by atomic mass is 35.5. The molecule has 0 radical (unpaired) electrons. The number of nitrogens with one attached hydrogen (secondary N) is 2. The van der Waals surface area contributed by atoms with E-state index in [4.69, 9.17) is 43.0 Å². The van der Waals surface area contributed by atoms with Crippen LogP contribution in [0.4, 0.5) is 5.69 Å². The van der Waals surface area contributed by atoms with Crippen molar-refractivity contribution in [2.75, 3.05) is 6.61 Å². The lowest BCUT2D eigenvalue weighted by atomic mass is 9.99. The molecule has 1 aliphatic heterocycles. The number of carbonyl (C=O) groups excluding carboxylic acids is 1. The van der Waals surface area contributed by atoms with Gasteiger partial charge in [-0.05, 0) is 5.56 Å². The molecule has 1 aromatic carbocycles. The van der Waals surface area contributed by atoms with E-state index >= 15 is 0 Å². The average molecular weight is 501 g/mol. The molecule has 1 fully saturated rings. The summed E-state index contributed by atoms with van der Waals surface area (Å²) in [6.45, 7) is -0.592. The van der Waals surface area contributed by atoms with Crippen molar-refractivity contribution >= 4 is 40.8 Å². The SMILES string of the molecule is O=C(N[C@H](CO[C@@H]1O[C@H](C(=O)O)[C@@H](O)[C@H](O)[C@H]1O)[C@H](O)c1ccc([NH+]([O-])O)cc1)C(Cl)Cl. The van der Waals surface area contributed by atoms with Crippen LogP contribution in [0.3, 0.4) is 0 Å². The molecule has 0 aromatic heterocycles. The van der Waals surface area contributed by atoms with Crippen molar-refractivity contribution in [2.45, 2.75) is 47.7 Å². The van der Waals surface area contributed by atoms with Crippen LogP contribution >= 0.6 is 23.2 Å². The van der Waals surface area contributed by atoms with Gasteiger partial charge in [-0.1, -0.05) is 35.3 Å². The Morgan fingerprint density at radius 3 is 2.25 bits per heavy atom. The zero-order valence-corrected chi connectivity index (χ0v) is 17.6. The molecule has 1 amide bonds. The number of aliphatic hydroxyl groups is 4. The lowest BCUT2D eigenvalue weighted by Crippen LogP contribution is -2.99. The summed E-state index contributed by atoms with van der Waals surface area (Å²) in [5.41, 5.74) is 0.124. The minimum Gasteiger partial charge on any atom is -0.595 e. The predicted molar refractivity (Wildman–Crippen MR) is 105 cm³/mol. The van der Waals surface area contributed by atoms with Crippen molar-refractivity contribution in [2.24, 2.45) is 0 Å². The van der Waals surface area contributed by atoms with Crippen molar-refractivity contribution in [3.05, 3.63) is 35.0 Å². The number of hydrogen-bond donors (Lipinski definition) is 8. The molecule has 1 heterocycles. The van der Waals surface area contributed by atoms with Crippen LogP contribution in [-0.4, -0.2) is 90.8 Å². The van der Waals surface area contributed by atoms with E-state index in [0.29, 0.717) is 0 Å². The summed E-state index contributed by atoms with van der Waals surface area (Å²) in [7, 11) is 0. The van der Waals surface area contributed by atoms with Crippen molar-refractivity contribution in [3.63, 3.8) is 0 Å². The average Bonchev–Trinajstić information content (AvgIpc) is 2.75.